The highest BCUT2D eigenvalue weighted by Crippen LogP contribution is 2.36. The van der Waals surface area contributed by atoms with Gasteiger partial charge in [-0.25, -0.2) is 9.59 Å². The summed E-state index contributed by atoms with van der Waals surface area (Å²) in [5, 5.41) is 0. The first kappa shape index (κ1) is 9.76. The third-order valence-electron chi connectivity index (χ3n) is 2.29. The summed E-state index contributed by atoms with van der Waals surface area (Å²) in [6.45, 7) is 1.84. The number of hydrogen-bond acceptors (Lipinski definition) is 5. The van der Waals surface area contributed by atoms with E-state index in [0.717, 1.165) is 6.07 Å². The lowest BCUT2D eigenvalue weighted by atomic mass is 10.1. The zero-order chi connectivity index (χ0) is 11.0. The maximum Gasteiger partial charge on any atom is 0.346 e. The number of esters is 1. The van der Waals surface area contributed by atoms with Crippen LogP contribution in [0, 0.1) is 0 Å². The van der Waals surface area contributed by atoms with E-state index in [4.69, 9.17) is 13.9 Å². The van der Waals surface area contributed by atoms with Gasteiger partial charge in [0.2, 0.25) is 0 Å². The van der Waals surface area contributed by atoms with Gasteiger partial charge in [-0.1, -0.05) is 6.92 Å². The molecule has 2 heterocycles. The van der Waals surface area contributed by atoms with E-state index in [1.54, 1.807) is 0 Å². The van der Waals surface area contributed by atoms with Crippen LogP contribution in [0.1, 0.15) is 35.6 Å². The molecule has 1 aromatic heterocycles. The molecule has 0 aromatic carbocycles. The van der Waals surface area contributed by atoms with E-state index >= 15 is 0 Å². The van der Waals surface area contributed by atoms with Crippen molar-refractivity contribution in [2.75, 3.05) is 7.11 Å². The molecule has 0 radical (unpaired) electrons. The zero-order valence-electron chi connectivity index (χ0n) is 8.40. The standard InChI is InChI=1S/C10H10O5/c1-3-5-9-8(10(12)14-5)6(13-2)4-7(11)15-9/h4-5H,3H2,1-2H3/t5-/m0/s1. The fourth-order valence-corrected chi connectivity index (χ4v) is 1.59. The molecule has 1 aliphatic rings. The predicted molar refractivity (Wildman–Crippen MR) is 50.0 cm³/mol. The summed E-state index contributed by atoms with van der Waals surface area (Å²) in [5.74, 6) is -0.0218. The van der Waals surface area contributed by atoms with Crippen LogP contribution in [0.25, 0.3) is 0 Å². The van der Waals surface area contributed by atoms with Crippen molar-refractivity contribution in [3.63, 3.8) is 0 Å². The van der Waals surface area contributed by atoms with Gasteiger partial charge >= 0.3 is 11.6 Å². The van der Waals surface area contributed by atoms with Crippen LogP contribution >= 0.6 is 0 Å². The number of fused-ring (bicyclic) bond motifs is 1. The Labute approximate surface area is 85.6 Å². The molecule has 0 fully saturated rings. The van der Waals surface area contributed by atoms with Crippen LogP contribution in [0.3, 0.4) is 0 Å². The van der Waals surface area contributed by atoms with E-state index in [2.05, 4.69) is 0 Å². The van der Waals surface area contributed by atoms with Gasteiger partial charge in [-0.15, -0.1) is 0 Å². The van der Waals surface area contributed by atoms with E-state index in [1.807, 2.05) is 6.92 Å². The molecule has 0 bridgehead atoms. The van der Waals surface area contributed by atoms with Crippen LogP contribution in [-0.4, -0.2) is 13.1 Å². The molecule has 1 aromatic rings. The Morgan fingerprint density at radius 1 is 1.47 bits per heavy atom. The minimum absolute atomic E-state index is 0.210. The highest BCUT2D eigenvalue weighted by Gasteiger charge is 2.36. The molecule has 0 N–H and O–H groups in total. The lowest BCUT2D eigenvalue weighted by molar-refractivity contribution is 0.0346. The van der Waals surface area contributed by atoms with Crippen molar-refractivity contribution in [1.82, 2.24) is 0 Å². The number of carbonyl (C=O) groups excluding carboxylic acids is 1. The molecule has 5 nitrogen and oxygen atoms in total. The van der Waals surface area contributed by atoms with E-state index < -0.39 is 17.7 Å². The zero-order valence-corrected chi connectivity index (χ0v) is 8.40. The van der Waals surface area contributed by atoms with Gasteiger partial charge in [0.15, 0.2) is 11.9 Å². The van der Waals surface area contributed by atoms with Gasteiger partial charge in [-0.05, 0) is 6.42 Å². The van der Waals surface area contributed by atoms with E-state index in [0.29, 0.717) is 6.42 Å². The van der Waals surface area contributed by atoms with Crippen molar-refractivity contribution in [3.05, 3.63) is 27.8 Å². The third kappa shape index (κ3) is 1.40. The first-order valence-electron chi connectivity index (χ1n) is 4.60. The number of cyclic esters (lactones) is 1. The van der Waals surface area contributed by atoms with Gasteiger partial charge in [0, 0.05) is 0 Å². The number of carbonyl (C=O) groups is 1. The predicted octanol–water partition coefficient (Wildman–Crippen LogP) is 1.27. The lowest BCUT2D eigenvalue weighted by Gasteiger charge is -2.04. The summed E-state index contributed by atoms with van der Waals surface area (Å²) in [7, 11) is 1.39. The topological polar surface area (TPSA) is 65.7 Å². The van der Waals surface area contributed by atoms with E-state index in [1.165, 1.54) is 7.11 Å². The molecule has 0 aliphatic carbocycles. The summed E-state index contributed by atoms with van der Waals surface area (Å²) in [6.07, 6.45) is 0.0878. The molecule has 1 atom stereocenters. The minimum atomic E-state index is -0.539. The molecule has 15 heavy (non-hydrogen) atoms. The minimum Gasteiger partial charge on any atom is -0.495 e. The van der Waals surface area contributed by atoms with Crippen LogP contribution < -0.4 is 10.4 Å². The second-order valence-corrected chi connectivity index (χ2v) is 3.18. The van der Waals surface area contributed by atoms with Gasteiger partial charge in [-0.2, -0.15) is 0 Å². The Morgan fingerprint density at radius 3 is 2.80 bits per heavy atom. The quantitative estimate of drug-likeness (QED) is 0.687. The summed E-state index contributed by atoms with van der Waals surface area (Å²) in [5.41, 5.74) is -0.314. The number of methoxy groups -OCH3 is 1. The number of rotatable bonds is 2. The molecule has 2 rings (SSSR count). The smallest absolute Gasteiger partial charge is 0.346 e. The largest absolute Gasteiger partial charge is 0.495 e. The second-order valence-electron chi connectivity index (χ2n) is 3.18. The van der Waals surface area contributed by atoms with Crippen LogP contribution in [-0.2, 0) is 4.74 Å². The summed E-state index contributed by atoms with van der Waals surface area (Å²) >= 11 is 0. The van der Waals surface area contributed by atoms with Gasteiger partial charge in [-0.3, -0.25) is 0 Å². The maximum atomic E-state index is 11.5. The molecule has 0 unspecified atom stereocenters. The van der Waals surface area contributed by atoms with Crippen molar-refractivity contribution in [1.29, 1.82) is 0 Å². The molecule has 1 aliphatic heterocycles. The molecule has 80 valence electrons. The molecular weight excluding hydrogens is 200 g/mol. The van der Waals surface area contributed by atoms with E-state index in [-0.39, 0.29) is 17.1 Å². The number of hydrogen-bond donors (Lipinski definition) is 0. The van der Waals surface area contributed by atoms with Crippen LogP contribution in [0.4, 0.5) is 0 Å². The van der Waals surface area contributed by atoms with Gasteiger partial charge in [0.05, 0.1) is 13.2 Å². The Morgan fingerprint density at radius 2 is 2.20 bits per heavy atom. The van der Waals surface area contributed by atoms with E-state index in [9.17, 15) is 9.59 Å². The van der Waals surface area contributed by atoms with Crippen molar-refractivity contribution in [3.8, 4) is 5.75 Å². The first-order valence-corrected chi connectivity index (χ1v) is 4.60. The van der Waals surface area contributed by atoms with Crippen LogP contribution in [0.2, 0.25) is 0 Å². The Bertz CT molecular complexity index is 459. The maximum absolute atomic E-state index is 11.5. The Balaban J connectivity index is 2.66. The third-order valence-corrected chi connectivity index (χ3v) is 2.29. The molecule has 0 amide bonds. The summed E-state index contributed by atoms with van der Waals surface area (Å²) in [4.78, 5) is 22.6. The fraction of sp³-hybridized carbons (Fsp3) is 0.400. The van der Waals surface area contributed by atoms with Gasteiger partial charge in [0.25, 0.3) is 0 Å². The van der Waals surface area contributed by atoms with Crippen molar-refractivity contribution >= 4 is 5.97 Å². The Hall–Kier alpha value is -1.78. The summed E-state index contributed by atoms with van der Waals surface area (Å²) < 4.78 is 14.9. The molecule has 0 saturated heterocycles. The average molecular weight is 210 g/mol. The first-order chi connectivity index (χ1) is 7.17. The summed E-state index contributed by atoms with van der Waals surface area (Å²) in [6, 6.07) is 1.14. The number of ether oxygens (including phenoxy) is 2. The van der Waals surface area contributed by atoms with Crippen molar-refractivity contribution in [2.24, 2.45) is 0 Å². The van der Waals surface area contributed by atoms with Crippen LogP contribution in [0.15, 0.2) is 15.3 Å². The highest BCUT2D eigenvalue weighted by atomic mass is 16.6. The average Bonchev–Trinajstić information content (AvgIpc) is 2.54. The lowest BCUT2D eigenvalue weighted by Crippen LogP contribution is -2.05. The Kier molecular flexibility index (Phi) is 2.22. The normalized spacial score (nSPS) is 18.5. The van der Waals surface area contributed by atoms with Crippen LogP contribution in [0.5, 0.6) is 5.75 Å². The second kappa shape index (κ2) is 3.42. The highest BCUT2D eigenvalue weighted by molar-refractivity contribution is 5.95. The van der Waals surface area contributed by atoms with Crippen molar-refractivity contribution < 1.29 is 18.7 Å². The molecule has 0 saturated carbocycles. The molecule has 0 spiro atoms. The fourth-order valence-electron chi connectivity index (χ4n) is 1.59. The SMILES string of the molecule is CC[C@@H]1OC(=O)c2c(OC)cc(=O)oc21. The van der Waals surface area contributed by atoms with Gasteiger partial charge in [0.1, 0.15) is 11.3 Å². The van der Waals surface area contributed by atoms with Crippen molar-refractivity contribution in [2.45, 2.75) is 19.4 Å². The molecule has 5 heteroatoms. The monoisotopic (exact) mass is 210 g/mol. The molecular formula is C10H10O5. The van der Waals surface area contributed by atoms with Gasteiger partial charge < -0.3 is 13.9 Å².